The lowest BCUT2D eigenvalue weighted by Gasteiger charge is -2.18. The number of unbranched alkanes of at least 4 members (excludes halogenated alkanes) is 16. The van der Waals surface area contributed by atoms with Gasteiger partial charge < -0.3 is 19.3 Å². The third kappa shape index (κ3) is 36.8. The Hall–Kier alpha value is -1.99. The lowest BCUT2D eigenvalue weighted by molar-refractivity contribution is -0.161. The van der Waals surface area contributed by atoms with E-state index >= 15 is 0 Å². The van der Waals surface area contributed by atoms with Gasteiger partial charge in [0, 0.05) is 12.8 Å². The van der Waals surface area contributed by atoms with Crippen LogP contribution >= 0.6 is 7.82 Å². The van der Waals surface area contributed by atoms with Gasteiger partial charge in [-0.25, -0.2) is 4.57 Å². The summed E-state index contributed by atoms with van der Waals surface area (Å²) in [5.74, 6) is -0.988. The van der Waals surface area contributed by atoms with Crippen molar-refractivity contribution in [2.45, 2.75) is 174 Å². The van der Waals surface area contributed by atoms with Crippen LogP contribution < -0.4 is 0 Å². The summed E-state index contributed by atoms with van der Waals surface area (Å²) in [7, 11) is -4.77. The third-order valence-electron chi connectivity index (χ3n) is 7.83. The Morgan fingerprint density at radius 2 is 0.979 bits per heavy atom. The van der Waals surface area contributed by atoms with E-state index in [0.717, 1.165) is 44.9 Å². The molecule has 0 aliphatic heterocycles. The molecule has 0 heterocycles. The summed E-state index contributed by atoms with van der Waals surface area (Å²) in [5, 5.41) is 0. The summed E-state index contributed by atoms with van der Waals surface area (Å²) >= 11 is 0. The first kappa shape index (κ1) is 46.0. The molecule has 0 saturated heterocycles. The fourth-order valence-corrected chi connectivity index (χ4v) is 5.34. The summed E-state index contributed by atoms with van der Waals surface area (Å²) in [4.78, 5) is 42.6. The Morgan fingerprint density at radius 3 is 1.54 bits per heavy atom. The summed E-state index contributed by atoms with van der Waals surface area (Å²) in [6, 6.07) is 0. The molecule has 0 radical (unpaired) electrons. The van der Waals surface area contributed by atoms with E-state index in [1.807, 2.05) is 6.08 Å². The quantitative estimate of drug-likeness (QED) is 0.0295. The fourth-order valence-electron chi connectivity index (χ4n) is 4.98. The van der Waals surface area contributed by atoms with Gasteiger partial charge in [0.1, 0.15) is 6.61 Å². The molecule has 0 aliphatic carbocycles. The lowest BCUT2D eigenvalue weighted by Crippen LogP contribution is -2.29. The van der Waals surface area contributed by atoms with Gasteiger partial charge in [0.25, 0.3) is 0 Å². The first-order valence-electron chi connectivity index (χ1n) is 18.9. The van der Waals surface area contributed by atoms with Crippen LogP contribution in [-0.4, -0.2) is 41.0 Å². The molecule has 278 valence electrons. The summed E-state index contributed by atoms with van der Waals surface area (Å²) < 4.78 is 26.2. The monoisotopic (exact) mass is 696 g/mol. The second-order valence-corrected chi connectivity index (χ2v) is 13.8. The van der Waals surface area contributed by atoms with Crippen LogP contribution in [0.5, 0.6) is 0 Å². The Morgan fingerprint density at radius 1 is 0.542 bits per heavy atom. The number of carbonyl (C=O) groups is 2. The molecule has 8 nitrogen and oxygen atoms in total. The molecule has 0 bridgehead atoms. The van der Waals surface area contributed by atoms with Crippen molar-refractivity contribution in [1.82, 2.24) is 0 Å². The third-order valence-corrected chi connectivity index (χ3v) is 8.32. The maximum atomic E-state index is 12.3. The van der Waals surface area contributed by atoms with Gasteiger partial charge in [0.2, 0.25) is 0 Å². The Labute approximate surface area is 293 Å². The second kappa shape index (κ2) is 34.9. The van der Waals surface area contributed by atoms with Crippen LogP contribution in [0.1, 0.15) is 168 Å². The summed E-state index contributed by atoms with van der Waals surface area (Å²) in [6.07, 6.45) is 41.3. The lowest BCUT2D eigenvalue weighted by atomic mass is 10.1. The number of phosphoric ester groups is 1. The van der Waals surface area contributed by atoms with Gasteiger partial charge in [-0.2, -0.15) is 0 Å². The standard InChI is InChI=1S/C39H69O8P/c1-3-5-7-9-11-13-15-17-19-21-23-25-27-29-31-33-38(40)45-35-37(36-46-48(42,43)44)47-39(41)34-32-30-28-26-24-22-20-18-16-14-12-10-8-6-4-2/h11,13,17,19,23,25,28,30,37H,3-10,12,14-16,18,20-22,24,26-27,29,31-36H2,1-2H3,(H2,42,43,44)/b13-11+,19-17+,25-23+,30-28+/t37-/m1/s1. The minimum atomic E-state index is -4.77. The highest BCUT2D eigenvalue weighted by Crippen LogP contribution is 2.35. The molecule has 0 spiro atoms. The van der Waals surface area contributed by atoms with Crippen molar-refractivity contribution in [2.75, 3.05) is 13.2 Å². The van der Waals surface area contributed by atoms with Gasteiger partial charge in [-0.15, -0.1) is 0 Å². The minimum absolute atomic E-state index is 0.120. The van der Waals surface area contributed by atoms with Gasteiger partial charge in [0.05, 0.1) is 6.61 Å². The zero-order chi connectivity index (χ0) is 35.4. The van der Waals surface area contributed by atoms with Crippen molar-refractivity contribution < 1.29 is 37.9 Å². The molecule has 0 amide bonds. The minimum Gasteiger partial charge on any atom is -0.462 e. The zero-order valence-electron chi connectivity index (χ0n) is 30.4. The van der Waals surface area contributed by atoms with Gasteiger partial charge in [-0.3, -0.25) is 14.1 Å². The number of carbonyl (C=O) groups excluding carboxylic acids is 2. The summed E-state index contributed by atoms with van der Waals surface area (Å²) in [6.45, 7) is 3.58. The molecule has 0 aliphatic rings. The van der Waals surface area contributed by atoms with Crippen LogP contribution in [0.25, 0.3) is 0 Å². The SMILES string of the molecule is CCCCC/C=C/C/C=C/C/C=C/CCCCC(=O)OC[C@H](COP(=O)(O)O)OC(=O)CC/C=C/CCCCCCCCCCCCC. The Bertz CT molecular complexity index is 921. The first-order chi connectivity index (χ1) is 23.3. The molecular weight excluding hydrogens is 627 g/mol. The number of phosphoric acid groups is 1. The molecule has 0 aromatic heterocycles. The van der Waals surface area contributed by atoms with E-state index in [9.17, 15) is 14.2 Å². The Kier molecular flexibility index (Phi) is 33.4. The largest absolute Gasteiger partial charge is 0.469 e. The van der Waals surface area contributed by atoms with Crippen molar-refractivity contribution in [3.05, 3.63) is 48.6 Å². The van der Waals surface area contributed by atoms with E-state index in [1.54, 1.807) is 0 Å². The van der Waals surface area contributed by atoms with Crippen molar-refractivity contribution in [3.8, 4) is 0 Å². The van der Waals surface area contributed by atoms with E-state index in [1.165, 1.54) is 83.5 Å². The molecule has 2 N–H and O–H groups in total. The van der Waals surface area contributed by atoms with Crippen LogP contribution in [0.4, 0.5) is 0 Å². The van der Waals surface area contributed by atoms with E-state index in [-0.39, 0.29) is 19.4 Å². The van der Waals surface area contributed by atoms with E-state index in [2.05, 4.69) is 60.9 Å². The van der Waals surface area contributed by atoms with Crippen molar-refractivity contribution >= 4 is 19.8 Å². The zero-order valence-corrected chi connectivity index (χ0v) is 31.3. The van der Waals surface area contributed by atoms with Crippen molar-refractivity contribution in [1.29, 1.82) is 0 Å². The van der Waals surface area contributed by atoms with Crippen LogP contribution in [0.3, 0.4) is 0 Å². The fraction of sp³-hybridized carbons (Fsp3) is 0.744. The molecule has 0 rings (SSSR count). The van der Waals surface area contributed by atoms with E-state index < -0.39 is 32.5 Å². The van der Waals surface area contributed by atoms with Gasteiger partial charge >= 0.3 is 19.8 Å². The average Bonchev–Trinajstić information content (AvgIpc) is 3.05. The smallest absolute Gasteiger partial charge is 0.462 e. The predicted molar refractivity (Wildman–Crippen MR) is 198 cm³/mol. The highest BCUT2D eigenvalue weighted by atomic mass is 31.2. The number of esters is 2. The first-order valence-corrected chi connectivity index (χ1v) is 20.5. The van der Waals surface area contributed by atoms with Gasteiger partial charge in [0.15, 0.2) is 6.10 Å². The van der Waals surface area contributed by atoms with Gasteiger partial charge in [-0.1, -0.05) is 140 Å². The molecule has 48 heavy (non-hydrogen) atoms. The number of rotatable bonds is 34. The van der Waals surface area contributed by atoms with Crippen LogP contribution in [-0.2, 0) is 28.2 Å². The van der Waals surface area contributed by atoms with Crippen molar-refractivity contribution in [3.63, 3.8) is 0 Å². The second-order valence-electron chi connectivity index (χ2n) is 12.5. The van der Waals surface area contributed by atoms with Gasteiger partial charge in [-0.05, 0) is 64.2 Å². The number of ether oxygens (including phenoxy) is 2. The maximum absolute atomic E-state index is 12.3. The molecule has 0 aromatic rings. The number of hydrogen-bond donors (Lipinski definition) is 2. The van der Waals surface area contributed by atoms with Crippen molar-refractivity contribution in [2.24, 2.45) is 0 Å². The number of hydrogen-bond acceptors (Lipinski definition) is 6. The predicted octanol–water partition coefficient (Wildman–Crippen LogP) is 11.2. The average molecular weight is 697 g/mol. The van der Waals surface area contributed by atoms with Crippen LogP contribution in [0, 0.1) is 0 Å². The molecule has 1 atom stereocenters. The number of allylic oxidation sites excluding steroid dienone is 8. The van der Waals surface area contributed by atoms with Crippen LogP contribution in [0.15, 0.2) is 48.6 Å². The van der Waals surface area contributed by atoms with Crippen LogP contribution in [0.2, 0.25) is 0 Å². The van der Waals surface area contributed by atoms with E-state index in [4.69, 9.17) is 19.3 Å². The Balaban J connectivity index is 4.08. The molecule has 0 aromatic carbocycles. The summed E-state index contributed by atoms with van der Waals surface area (Å²) in [5.41, 5.74) is 0. The molecule has 9 heteroatoms. The molecule has 0 unspecified atom stereocenters. The highest BCUT2D eigenvalue weighted by Gasteiger charge is 2.22. The van der Waals surface area contributed by atoms with E-state index in [0.29, 0.717) is 12.8 Å². The maximum Gasteiger partial charge on any atom is 0.469 e. The normalized spacial score (nSPS) is 13.0. The molecular formula is C39H69O8P. The highest BCUT2D eigenvalue weighted by molar-refractivity contribution is 7.46. The molecule has 0 fully saturated rings. The topological polar surface area (TPSA) is 119 Å². The molecule has 0 saturated carbocycles.